The van der Waals surface area contributed by atoms with Gasteiger partial charge in [0.15, 0.2) is 0 Å². The van der Waals surface area contributed by atoms with Gasteiger partial charge in [0.25, 0.3) is 0 Å². The van der Waals surface area contributed by atoms with Crippen molar-refractivity contribution in [2.75, 3.05) is 16.7 Å². The zero-order valence-electron chi connectivity index (χ0n) is 12.3. The standard InChI is InChI=1S/C15H20N2O4S/c16-15(18)14-9-11-5-1-2-7-13(11)17(14)22(19,20)10-12-6-3-4-8-21-12/h1-2,5,7,12,14H,3-4,6,8-10H2,(H2,16,18)/t12?,14-/m0/s1. The zero-order valence-corrected chi connectivity index (χ0v) is 13.1. The SMILES string of the molecule is NC(=O)[C@@H]1Cc2ccccc2N1S(=O)(=O)CC1CCCCO1. The van der Waals surface area contributed by atoms with Crippen molar-refractivity contribution in [1.82, 2.24) is 0 Å². The van der Waals surface area contributed by atoms with E-state index in [9.17, 15) is 13.2 Å². The van der Waals surface area contributed by atoms with Crippen molar-refractivity contribution in [3.8, 4) is 0 Å². The lowest BCUT2D eigenvalue weighted by molar-refractivity contribution is -0.118. The molecule has 0 aromatic heterocycles. The number of amides is 1. The van der Waals surface area contributed by atoms with E-state index in [2.05, 4.69) is 0 Å². The monoisotopic (exact) mass is 324 g/mol. The first-order valence-electron chi connectivity index (χ1n) is 7.50. The van der Waals surface area contributed by atoms with E-state index in [1.807, 2.05) is 12.1 Å². The van der Waals surface area contributed by atoms with Crippen LogP contribution in [-0.4, -0.2) is 38.8 Å². The molecule has 1 saturated heterocycles. The number of anilines is 1. The number of rotatable bonds is 4. The summed E-state index contributed by atoms with van der Waals surface area (Å²) >= 11 is 0. The highest BCUT2D eigenvalue weighted by Crippen LogP contribution is 2.35. The minimum atomic E-state index is -3.66. The third kappa shape index (κ3) is 2.83. The highest BCUT2D eigenvalue weighted by Gasteiger charge is 2.41. The predicted octanol–water partition coefficient (Wildman–Crippen LogP) is 0.802. The summed E-state index contributed by atoms with van der Waals surface area (Å²) in [6.07, 6.45) is 2.69. The van der Waals surface area contributed by atoms with Gasteiger partial charge in [0.2, 0.25) is 15.9 Å². The van der Waals surface area contributed by atoms with E-state index in [1.165, 1.54) is 4.31 Å². The maximum Gasteiger partial charge on any atom is 0.241 e. The first kappa shape index (κ1) is 15.3. The van der Waals surface area contributed by atoms with Crippen molar-refractivity contribution in [3.05, 3.63) is 29.8 Å². The molecule has 1 aromatic carbocycles. The highest BCUT2D eigenvalue weighted by atomic mass is 32.2. The number of nitrogens with two attached hydrogens (primary N) is 1. The topological polar surface area (TPSA) is 89.7 Å². The summed E-state index contributed by atoms with van der Waals surface area (Å²) in [6.45, 7) is 0.593. The lowest BCUT2D eigenvalue weighted by Gasteiger charge is -2.29. The molecule has 2 atom stereocenters. The fourth-order valence-corrected chi connectivity index (χ4v) is 5.11. The van der Waals surface area contributed by atoms with Crippen molar-refractivity contribution in [2.45, 2.75) is 37.8 Å². The maximum atomic E-state index is 12.8. The molecule has 1 fully saturated rings. The second-order valence-corrected chi connectivity index (χ2v) is 7.70. The number of hydrogen-bond acceptors (Lipinski definition) is 4. The van der Waals surface area contributed by atoms with Gasteiger partial charge < -0.3 is 10.5 Å². The summed E-state index contributed by atoms with van der Waals surface area (Å²) in [4.78, 5) is 11.7. The van der Waals surface area contributed by atoms with Crippen LogP contribution in [0.15, 0.2) is 24.3 Å². The van der Waals surface area contributed by atoms with Crippen LogP contribution in [0.25, 0.3) is 0 Å². The van der Waals surface area contributed by atoms with E-state index in [1.54, 1.807) is 12.1 Å². The molecule has 1 unspecified atom stereocenters. The summed E-state index contributed by atoms with van der Waals surface area (Å²) < 4.78 is 32.4. The molecule has 2 N–H and O–H groups in total. The van der Waals surface area contributed by atoms with Crippen LogP contribution in [0.5, 0.6) is 0 Å². The van der Waals surface area contributed by atoms with Gasteiger partial charge in [-0.05, 0) is 30.9 Å². The average Bonchev–Trinajstić information content (AvgIpc) is 2.88. The van der Waals surface area contributed by atoms with Gasteiger partial charge in [-0.3, -0.25) is 9.10 Å². The van der Waals surface area contributed by atoms with Gasteiger partial charge in [-0.2, -0.15) is 0 Å². The van der Waals surface area contributed by atoms with Crippen LogP contribution in [0, 0.1) is 0 Å². The lowest BCUT2D eigenvalue weighted by atomic mass is 10.1. The average molecular weight is 324 g/mol. The Balaban J connectivity index is 1.90. The second-order valence-electron chi connectivity index (χ2n) is 5.81. The van der Waals surface area contributed by atoms with Gasteiger partial charge in [-0.1, -0.05) is 18.2 Å². The molecule has 1 aromatic rings. The molecule has 2 aliphatic heterocycles. The van der Waals surface area contributed by atoms with E-state index in [-0.39, 0.29) is 11.9 Å². The van der Waals surface area contributed by atoms with Crippen molar-refractivity contribution in [1.29, 1.82) is 0 Å². The molecule has 22 heavy (non-hydrogen) atoms. The molecule has 120 valence electrons. The molecular formula is C15H20N2O4S. The van der Waals surface area contributed by atoms with Crippen molar-refractivity contribution < 1.29 is 17.9 Å². The molecule has 0 spiro atoms. The van der Waals surface area contributed by atoms with Gasteiger partial charge in [-0.25, -0.2) is 8.42 Å². The lowest BCUT2D eigenvalue weighted by Crippen LogP contribution is -2.48. The van der Waals surface area contributed by atoms with Crippen LogP contribution in [0.3, 0.4) is 0 Å². The number of primary amides is 1. The molecule has 2 heterocycles. The fraction of sp³-hybridized carbons (Fsp3) is 0.533. The minimum absolute atomic E-state index is 0.106. The molecule has 0 radical (unpaired) electrons. The van der Waals surface area contributed by atoms with Gasteiger partial charge in [0, 0.05) is 13.0 Å². The Bertz CT molecular complexity index is 668. The Morgan fingerprint density at radius 3 is 2.77 bits per heavy atom. The molecule has 2 aliphatic rings. The number of hydrogen-bond donors (Lipinski definition) is 1. The van der Waals surface area contributed by atoms with E-state index < -0.39 is 22.0 Å². The summed E-state index contributed by atoms with van der Waals surface area (Å²) in [5.41, 5.74) is 6.81. The van der Waals surface area contributed by atoms with Crippen LogP contribution < -0.4 is 10.0 Å². The van der Waals surface area contributed by atoms with Crippen LogP contribution >= 0.6 is 0 Å². The summed E-state index contributed by atoms with van der Waals surface area (Å²) in [7, 11) is -3.66. The number of sulfonamides is 1. The van der Waals surface area contributed by atoms with Crippen molar-refractivity contribution in [3.63, 3.8) is 0 Å². The van der Waals surface area contributed by atoms with E-state index in [4.69, 9.17) is 10.5 Å². The summed E-state index contributed by atoms with van der Waals surface area (Å²) in [5.74, 6) is -0.727. The first-order chi connectivity index (χ1) is 10.5. The molecule has 6 nitrogen and oxygen atoms in total. The Morgan fingerprint density at radius 2 is 2.09 bits per heavy atom. The summed E-state index contributed by atoms with van der Waals surface area (Å²) in [6, 6.07) is 6.31. The largest absolute Gasteiger partial charge is 0.377 e. The second kappa shape index (κ2) is 5.89. The Morgan fingerprint density at radius 1 is 1.32 bits per heavy atom. The maximum absolute atomic E-state index is 12.8. The van der Waals surface area contributed by atoms with Crippen molar-refractivity contribution in [2.24, 2.45) is 5.73 Å². The molecule has 0 bridgehead atoms. The third-order valence-corrected chi connectivity index (χ3v) is 6.07. The summed E-state index contributed by atoms with van der Waals surface area (Å²) in [5, 5.41) is 0. The van der Waals surface area contributed by atoms with E-state index in [0.717, 1.165) is 24.8 Å². The number of benzene rings is 1. The van der Waals surface area contributed by atoms with Crippen LogP contribution in [0.2, 0.25) is 0 Å². The third-order valence-electron chi connectivity index (χ3n) is 4.22. The Labute approximate surface area is 130 Å². The molecule has 0 saturated carbocycles. The van der Waals surface area contributed by atoms with Gasteiger partial charge in [0.1, 0.15) is 6.04 Å². The quantitative estimate of drug-likeness (QED) is 0.887. The number of carbonyl (C=O) groups is 1. The number of nitrogens with zero attached hydrogens (tertiary/aromatic N) is 1. The van der Waals surface area contributed by atoms with Crippen LogP contribution in [-0.2, 0) is 26.0 Å². The smallest absolute Gasteiger partial charge is 0.241 e. The molecule has 3 rings (SSSR count). The van der Waals surface area contributed by atoms with Gasteiger partial charge in [-0.15, -0.1) is 0 Å². The van der Waals surface area contributed by atoms with Gasteiger partial charge in [0.05, 0.1) is 17.5 Å². The zero-order chi connectivity index (χ0) is 15.7. The number of para-hydroxylation sites is 1. The van der Waals surface area contributed by atoms with E-state index >= 15 is 0 Å². The Hall–Kier alpha value is -1.60. The normalized spacial score (nSPS) is 25.0. The van der Waals surface area contributed by atoms with Crippen molar-refractivity contribution >= 4 is 21.6 Å². The Kier molecular flexibility index (Phi) is 4.10. The first-order valence-corrected chi connectivity index (χ1v) is 9.11. The minimum Gasteiger partial charge on any atom is -0.377 e. The molecular weight excluding hydrogens is 304 g/mol. The molecule has 1 amide bonds. The number of ether oxygens (including phenoxy) is 1. The van der Waals surface area contributed by atoms with Crippen LogP contribution in [0.4, 0.5) is 5.69 Å². The highest BCUT2D eigenvalue weighted by molar-refractivity contribution is 7.92. The predicted molar refractivity (Wildman–Crippen MR) is 83.0 cm³/mol. The molecule has 0 aliphatic carbocycles. The number of carbonyl (C=O) groups excluding carboxylic acids is 1. The fourth-order valence-electron chi connectivity index (χ4n) is 3.17. The van der Waals surface area contributed by atoms with E-state index in [0.29, 0.717) is 18.7 Å². The molecule has 7 heteroatoms. The van der Waals surface area contributed by atoms with Gasteiger partial charge >= 0.3 is 0 Å². The number of fused-ring (bicyclic) bond motifs is 1. The van der Waals surface area contributed by atoms with Crippen LogP contribution in [0.1, 0.15) is 24.8 Å².